The van der Waals surface area contributed by atoms with E-state index in [9.17, 15) is 8.42 Å². The summed E-state index contributed by atoms with van der Waals surface area (Å²) in [4.78, 5) is 0. The van der Waals surface area contributed by atoms with Crippen molar-refractivity contribution in [2.24, 2.45) is 5.92 Å². The van der Waals surface area contributed by atoms with Crippen LogP contribution in [0.2, 0.25) is 0 Å². The van der Waals surface area contributed by atoms with E-state index in [2.05, 4.69) is 43.7 Å². The van der Waals surface area contributed by atoms with Gasteiger partial charge in [-0.05, 0) is 44.2 Å². The van der Waals surface area contributed by atoms with E-state index >= 15 is 0 Å². The number of hydrogen-bond donors (Lipinski definition) is 1. The van der Waals surface area contributed by atoms with Gasteiger partial charge in [0.05, 0.1) is 6.04 Å². The van der Waals surface area contributed by atoms with E-state index in [1.807, 2.05) is 13.8 Å². The lowest BCUT2D eigenvalue weighted by molar-refractivity contribution is 0.244. The molecule has 118 valence electrons. The number of hydrogen-bond acceptors (Lipinski definition) is 2. The molecule has 0 fully saturated rings. The fraction of sp³-hybridized carbons (Fsp3) is 0.625. The Morgan fingerprint density at radius 3 is 2.48 bits per heavy atom. The molecule has 1 atom stereocenters. The molecular formula is C16H26N2O2S. The minimum Gasteiger partial charge on any atom is -0.200 e. The third-order valence-electron chi connectivity index (χ3n) is 3.85. The second-order valence-corrected chi connectivity index (χ2v) is 8.18. The standard InChI is InChI=1S/C16H26N2O2S/c1-11(2)16-15-7-6-13(5)10-14(15)8-9-18(16)21(19,20)17-12(3)4/h6-7,10-12,16-17H,8-9H2,1-5H3. The lowest BCUT2D eigenvalue weighted by Gasteiger charge is -2.39. The highest BCUT2D eigenvalue weighted by molar-refractivity contribution is 7.87. The van der Waals surface area contributed by atoms with Crippen LogP contribution in [0.25, 0.3) is 0 Å². The van der Waals surface area contributed by atoms with Crippen molar-refractivity contribution < 1.29 is 8.42 Å². The first kappa shape index (κ1) is 16.5. The molecule has 0 amide bonds. The SMILES string of the molecule is Cc1ccc2c(c1)CCN(S(=O)(=O)NC(C)C)C2C(C)C. The van der Waals surface area contributed by atoms with Crippen molar-refractivity contribution in [2.45, 2.75) is 53.1 Å². The Morgan fingerprint density at radius 1 is 1.24 bits per heavy atom. The van der Waals surface area contributed by atoms with Crippen LogP contribution >= 0.6 is 0 Å². The number of nitrogens with one attached hydrogen (secondary N) is 1. The molecule has 1 unspecified atom stereocenters. The summed E-state index contributed by atoms with van der Waals surface area (Å²) in [5.41, 5.74) is 3.66. The molecule has 0 saturated carbocycles. The summed E-state index contributed by atoms with van der Waals surface area (Å²) in [7, 11) is -3.45. The quantitative estimate of drug-likeness (QED) is 0.929. The van der Waals surface area contributed by atoms with Gasteiger partial charge in [-0.3, -0.25) is 0 Å². The molecule has 0 radical (unpaired) electrons. The van der Waals surface area contributed by atoms with Crippen LogP contribution in [0, 0.1) is 12.8 Å². The molecule has 1 aromatic rings. The predicted molar refractivity (Wildman–Crippen MR) is 86.4 cm³/mol. The second kappa shape index (κ2) is 6.07. The average molecular weight is 310 g/mol. The fourth-order valence-electron chi connectivity index (χ4n) is 3.09. The van der Waals surface area contributed by atoms with E-state index in [-0.39, 0.29) is 18.0 Å². The van der Waals surface area contributed by atoms with Gasteiger partial charge in [-0.25, -0.2) is 0 Å². The molecule has 1 heterocycles. The van der Waals surface area contributed by atoms with E-state index in [4.69, 9.17) is 0 Å². The third-order valence-corrected chi connectivity index (χ3v) is 5.65. The monoisotopic (exact) mass is 310 g/mol. The third kappa shape index (κ3) is 3.47. The highest BCUT2D eigenvalue weighted by Gasteiger charge is 2.37. The summed E-state index contributed by atoms with van der Waals surface area (Å²) in [6.07, 6.45) is 0.777. The minimum absolute atomic E-state index is 0.0920. The first-order valence-electron chi connectivity index (χ1n) is 7.61. The highest BCUT2D eigenvalue weighted by atomic mass is 32.2. The zero-order valence-electron chi connectivity index (χ0n) is 13.6. The highest BCUT2D eigenvalue weighted by Crippen LogP contribution is 2.37. The Bertz CT molecular complexity index is 609. The molecule has 1 aliphatic heterocycles. The van der Waals surface area contributed by atoms with Crippen LogP contribution in [0.4, 0.5) is 0 Å². The molecule has 0 spiro atoms. The molecular weight excluding hydrogens is 284 g/mol. The largest absolute Gasteiger partial charge is 0.280 e. The van der Waals surface area contributed by atoms with Gasteiger partial charge in [0.15, 0.2) is 0 Å². The molecule has 0 bridgehead atoms. The summed E-state index contributed by atoms with van der Waals surface area (Å²) in [5.74, 6) is 0.232. The summed E-state index contributed by atoms with van der Waals surface area (Å²) < 4.78 is 29.6. The molecule has 2 rings (SSSR count). The number of rotatable bonds is 4. The molecule has 5 heteroatoms. The first-order chi connectivity index (χ1) is 9.72. The molecule has 0 aromatic heterocycles. The van der Waals surface area contributed by atoms with Gasteiger partial charge in [0.2, 0.25) is 0 Å². The topological polar surface area (TPSA) is 49.4 Å². The van der Waals surface area contributed by atoms with Crippen molar-refractivity contribution in [3.05, 3.63) is 34.9 Å². The van der Waals surface area contributed by atoms with Crippen molar-refractivity contribution in [3.63, 3.8) is 0 Å². The summed E-state index contributed by atoms with van der Waals surface area (Å²) in [6, 6.07) is 6.16. The Kier molecular flexibility index (Phi) is 4.76. The summed E-state index contributed by atoms with van der Waals surface area (Å²) in [6.45, 7) is 10.5. The van der Waals surface area contributed by atoms with Gasteiger partial charge in [-0.15, -0.1) is 0 Å². The predicted octanol–water partition coefficient (Wildman–Crippen LogP) is 2.79. The van der Waals surface area contributed by atoms with Crippen molar-refractivity contribution in [3.8, 4) is 0 Å². The van der Waals surface area contributed by atoms with E-state index in [1.54, 1.807) is 4.31 Å². The fourth-order valence-corrected chi connectivity index (χ4v) is 4.81. The van der Waals surface area contributed by atoms with E-state index < -0.39 is 10.2 Å². The smallest absolute Gasteiger partial charge is 0.200 e. The van der Waals surface area contributed by atoms with Crippen molar-refractivity contribution in [1.29, 1.82) is 0 Å². The Balaban J connectivity index is 2.44. The lowest BCUT2D eigenvalue weighted by atomic mass is 9.87. The van der Waals surface area contributed by atoms with Crippen molar-refractivity contribution in [2.75, 3.05) is 6.54 Å². The van der Waals surface area contributed by atoms with Gasteiger partial charge in [0, 0.05) is 12.6 Å². The van der Waals surface area contributed by atoms with E-state index in [1.165, 1.54) is 11.1 Å². The second-order valence-electron chi connectivity index (χ2n) is 6.53. The van der Waals surface area contributed by atoms with Gasteiger partial charge in [-0.1, -0.05) is 37.6 Å². The van der Waals surface area contributed by atoms with Crippen molar-refractivity contribution in [1.82, 2.24) is 9.03 Å². The van der Waals surface area contributed by atoms with Gasteiger partial charge in [0.1, 0.15) is 0 Å². The van der Waals surface area contributed by atoms with Crippen LogP contribution in [0.15, 0.2) is 18.2 Å². The zero-order chi connectivity index (χ0) is 15.8. The molecule has 4 nitrogen and oxygen atoms in total. The summed E-state index contributed by atoms with van der Waals surface area (Å²) >= 11 is 0. The Hall–Kier alpha value is -0.910. The maximum absolute atomic E-state index is 12.6. The first-order valence-corrected chi connectivity index (χ1v) is 9.05. The maximum atomic E-state index is 12.6. The molecule has 1 aliphatic rings. The van der Waals surface area contributed by atoms with Crippen LogP contribution in [0.5, 0.6) is 0 Å². The molecule has 0 aliphatic carbocycles. The number of aryl methyl sites for hydroxylation is 1. The van der Waals surface area contributed by atoms with Crippen molar-refractivity contribution >= 4 is 10.2 Å². The summed E-state index contributed by atoms with van der Waals surface area (Å²) in [5, 5.41) is 0. The molecule has 1 N–H and O–H groups in total. The zero-order valence-corrected chi connectivity index (χ0v) is 14.4. The number of benzene rings is 1. The lowest BCUT2D eigenvalue weighted by Crippen LogP contribution is -2.49. The maximum Gasteiger partial charge on any atom is 0.280 e. The van der Waals surface area contributed by atoms with Crippen LogP contribution in [0.1, 0.15) is 50.4 Å². The van der Waals surface area contributed by atoms with Gasteiger partial charge < -0.3 is 0 Å². The van der Waals surface area contributed by atoms with Crippen LogP contribution < -0.4 is 4.72 Å². The Labute approximate surface area is 128 Å². The van der Waals surface area contributed by atoms with Gasteiger partial charge in [0.25, 0.3) is 10.2 Å². The molecule has 1 aromatic carbocycles. The van der Waals surface area contributed by atoms with E-state index in [0.717, 1.165) is 12.0 Å². The normalized spacial score (nSPS) is 20.0. The average Bonchev–Trinajstić information content (AvgIpc) is 2.35. The number of nitrogens with zero attached hydrogens (tertiary/aromatic N) is 1. The molecule has 0 saturated heterocycles. The van der Waals surface area contributed by atoms with E-state index in [0.29, 0.717) is 6.54 Å². The minimum atomic E-state index is -3.45. The van der Waals surface area contributed by atoms with Crippen LogP contribution in [-0.4, -0.2) is 25.3 Å². The Morgan fingerprint density at radius 2 is 1.90 bits per heavy atom. The van der Waals surface area contributed by atoms with Gasteiger partial charge >= 0.3 is 0 Å². The van der Waals surface area contributed by atoms with Crippen LogP contribution in [0.3, 0.4) is 0 Å². The van der Waals surface area contributed by atoms with Crippen LogP contribution in [-0.2, 0) is 16.6 Å². The number of fused-ring (bicyclic) bond motifs is 1. The van der Waals surface area contributed by atoms with Gasteiger partial charge in [-0.2, -0.15) is 17.4 Å². The molecule has 21 heavy (non-hydrogen) atoms.